The van der Waals surface area contributed by atoms with Gasteiger partial charge < -0.3 is 10.2 Å². The lowest BCUT2D eigenvalue weighted by Crippen LogP contribution is -2.22. The minimum absolute atomic E-state index is 0.136. The van der Waals surface area contributed by atoms with E-state index in [0.717, 1.165) is 32.1 Å². The summed E-state index contributed by atoms with van der Waals surface area (Å²) in [6.45, 7) is 6.10. The van der Waals surface area contributed by atoms with E-state index in [0.29, 0.717) is 5.56 Å². The van der Waals surface area contributed by atoms with Gasteiger partial charge in [-0.25, -0.2) is 9.59 Å². The van der Waals surface area contributed by atoms with E-state index < -0.39 is 11.9 Å². The first-order valence-corrected chi connectivity index (χ1v) is 7.40. The van der Waals surface area contributed by atoms with Crippen LogP contribution in [0, 0.1) is 0 Å². The molecule has 116 valence electrons. The van der Waals surface area contributed by atoms with Crippen molar-refractivity contribution in [3.8, 4) is 0 Å². The zero-order chi connectivity index (χ0) is 16.0. The van der Waals surface area contributed by atoms with Gasteiger partial charge in [0, 0.05) is 0 Å². The molecule has 0 aliphatic rings. The predicted octanol–water partition coefficient (Wildman–Crippen LogP) is 4.33. The van der Waals surface area contributed by atoms with Crippen molar-refractivity contribution < 1.29 is 19.8 Å². The molecule has 21 heavy (non-hydrogen) atoms. The molecule has 0 amide bonds. The highest BCUT2D eigenvalue weighted by atomic mass is 16.4. The van der Waals surface area contributed by atoms with Crippen molar-refractivity contribution in [2.24, 2.45) is 0 Å². The van der Waals surface area contributed by atoms with Crippen molar-refractivity contribution in [1.82, 2.24) is 0 Å². The molecule has 0 spiro atoms. The number of benzene rings is 1. The standard InChI is InChI=1S/C17H24O4/c1-4-5-6-7-10-17(2,3)14-11-12(15(18)19)8-9-13(14)16(20)21/h8-9,11H,4-7,10H2,1-3H3,(H,18,19)(H,20,21). The Hall–Kier alpha value is -1.84. The summed E-state index contributed by atoms with van der Waals surface area (Å²) in [7, 11) is 0. The maximum absolute atomic E-state index is 11.4. The van der Waals surface area contributed by atoms with E-state index in [2.05, 4.69) is 6.92 Å². The lowest BCUT2D eigenvalue weighted by atomic mass is 9.77. The summed E-state index contributed by atoms with van der Waals surface area (Å²) in [6, 6.07) is 4.25. The predicted molar refractivity (Wildman–Crippen MR) is 82.1 cm³/mol. The molecule has 0 radical (unpaired) electrons. The molecule has 0 aliphatic carbocycles. The fourth-order valence-corrected chi connectivity index (χ4v) is 2.55. The maximum atomic E-state index is 11.4. The van der Waals surface area contributed by atoms with E-state index in [-0.39, 0.29) is 16.5 Å². The Kier molecular flexibility index (Phi) is 5.94. The molecule has 0 aromatic heterocycles. The van der Waals surface area contributed by atoms with Crippen LogP contribution in [0.15, 0.2) is 18.2 Å². The van der Waals surface area contributed by atoms with Gasteiger partial charge in [0.15, 0.2) is 0 Å². The number of hydrogen-bond acceptors (Lipinski definition) is 2. The highest BCUT2D eigenvalue weighted by Gasteiger charge is 2.26. The van der Waals surface area contributed by atoms with Crippen molar-refractivity contribution in [3.05, 3.63) is 34.9 Å². The van der Waals surface area contributed by atoms with Gasteiger partial charge >= 0.3 is 11.9 Å². The van der Waals surface area contributed by atoms with Crippen LogP contribution in [0.3, 0.4) is 0 Å². The van der Waals surface area contributed by atoms with Gasteiger partial charge in [-0.2, -0.15) is 0 Å². The highest BCUT2D eigenvalue weighted by Crippen LogP contribution is 2.32. The summed E-state index contributed by atoms with van der Waals surface area (Å²) in [5, 5.41) is 18.4. The number of rotatable bonds is 8. The van der Waals surface area contributed by atoms with Crippen LogP contribution in [0.1, 0.15) is 79.2 Å². The Morgan fingerprint density at radius 1 is 1.05 bits per heavy atom. The van der Waals surface area contributed by atoms with E-state index in [1.807, 2.05) is 13.8 Å². The van der Waals surface area contributed by atoms with Crippen molar-refractivity contribution in [3.63, 3.8) is 0 Å². The van der Waals surface area contributed by atoms with Crippen LogP contribution >= 0.6 is 0 Å². The van der Waals surface area contributed by atoms with E-state index in [1.54, 1.807) is 0 Å². The molecule has 0 aliphatic heterocycles. The largest absolute Gasteiger partial charge is 0.478 e. The molecule has 0 bridgehead atoms. The molecule has 2 N–H and O–H groups in total. The number of carboxylic acids is 2. The zero-order valence-corrected chi connectivity index (χ0v) is 13.0. The van der Waals surface area contributed by atoms with Gasteiger partial charge in [0.1, 0.15) is 0 Å². The minimum atomic E-state index is -1.03. The fourth-order valence-electron chi connectivity index (χ4n) is 2.55. The summed E-state index contributed by atoms with van der Waals surface area (Å²) in [4.78, 5) is 22.5. The monoisotopic (exact) mass is 292 g/mol. The number of hydrogen-bond donors (Lipinski definition) is 2. The smallest absolute Gasteiger partial charge is 0.335 e. The quantitative estimate of drug-likeness (QED) is 0.699. The Morgan fingerprint density at radius 3 is 2.24 bits per heavy atom. The molecule has 0 unspecified atom stereocenters. The molecular formula is C17H24O4. The number of aromatic carboxylic acids is 2. The fraction of sp³-hybridized carbons (Fsp3) is 0.529. The molecule has 0 heterocycles. The van der Waals surface area contributed by atoms with Crippen LogP contribution < -0.4 is 0 Å². The molecular weight excluding hydrogens is 268 g/mol. The van der Waals surface area contributed by atoms with Crippen molar-refractivity contribution >= 4 is 11.9 Å². The molecule has 1 rings (SSSR count). The average Bonchev–Trinajstić information content (AvgIpc) is 2.42. The molecule has 1 aromatic carbocycles. The van der Waals surface area contributed by atoms with E-state index in [4.69, 9.17) is 5.11 Å². The van der Waals surface area contributed by atoms with E-state index >= 15 is 0 Å². The number of carboxylic acid groups (broad SMARTS) is 2. The Balaban J connectivity index is 3.08. The lowest BCUT2D eigenvalue weighted by Gasteiger charge is -2.27. The van der Waals surface area contributed by atoms with Gasteiger partial charge in [-0.15, -0.1) is 0 Å². The molecule has 0 atom stereocenters. The SMILES string of the molecule is CCCCCCC(C)(C)c1cc(C(=O)O)ccc1C(=O)O. The van der Waals surface area contributed by atoms with Crippen LogP contribution in [0.25, 0.3) is 0 Å². The summed E-state index contributed by atoms with van der Waals surface area (Å²) in [5.41, 5.74) is 0.580. The third-order valence-electron chi connectivity index (χ3n) is 3.88. The van der Waals surface area contributed by atoms with Crippen molar-refractivity contribution in [2.45, 2.75) is 58.3 Å². The normalized spacial score (nSPS) is 11.4. The maximum Gasteiger partial charge on any atom is 0.335 e. The molecule has 4 nitrogen and oxygen atoms in total. The van der Waals surface area contributed by atoms with Gasteiger partial charge in [-0.3, -0.25) is 0 Å². The molecule has 0 saturated carbocycles. The summed E-state index contributed by atoms with van der Waals surface area (Å²) < 4.78 is 0. The van der Waals surface area contributed by atoms with E-state index in [9.17, 15) is 14.7 Å². The van der Waals surface area contributed by atoms with Gasteiger partial charge in [-0.1, -0.05) is 46.5 Å². The van der Waals surface area contributed by atoms with Gasteiger partial charge in [-0.05, 0) is 35.6 Å². The number of carbonyl (C=O) groups is 2. The first-order chi connectivity index (χ1) is 9.79. The Bertz CT molecular complexity index is 518. The summed E-state index contributed by atoms with van der Waals surface area (Å²) in [5.74, 6) is -2.04. The van der Waals surface area contributed by atoms with Crippen molar-refractivity contribution in [2.75, 3.05) is 0 Å². The summed E-state index contributed by atoms with van der Waals surface area (Å²) >= 11 is 0. The van der Waals surface area contributed by atoms with Gasteiger partial charge in [0.25, 0.3) is 0 Å². The van der Waals surface area contributed by atoms with Crippen molar-refractivity contribution in [1.29, 1.82) is 0 Å². The van der Waals surface area contributed by atoms with Gasteiger partial charge in [0.05, 0.1) is 11.1 Å². The van der Waals surface area contributed by atoms with Crippen LogP contribution in [0.5, 0.6) is 0 Å². The third kappa shape index (κ3) is 4.59. The second-order valence-corrected chi connectivity index (χ2v) is 6.07. The second-order valence-electron chi connectivity index (χ2n) is 6.07. The van der Waals surface area contributed by atoms with Crippen LogP contribution in [-0.2, 0) is 5.41 Å². The molecule has 4 heteroatoms. The van der Waals surface area contributed by atoms with Gasteiger partial charge in [0.2, 0.25) is 0 Å². The molecule has 0 fully saturated rings. The number of unbranched alkanes of at least 4 members (excludes halogenated alkanes) is 3. The van der Waals surface area contributed by atoms with Crippen LogP contribution in [-0.4, -0.2) is 22.2 Å². The molecule has 1 aromatic rings. The highest BCUT2D eigenvalue weighted by molar-refractivity contribution is 5.93. The zero-order valence-electron chi connectivity index (χ0n) is 13.0. The Labute approximate surface area is 125 Å². The second kappa shape index (κ2) is 7.25. The first kappa shape index (κ1) is 17.2. The summed E-state index contributed by atoms with van der Waals surface area (Å²) in [6.07, 6.45) is 5.28. The average molecular weight is 292 g/mol. The topological polar surface area (TPSA) is 74.6 Å². The van der Waals surface area contributed by atoms with Crippen LogP contribution in [0.2, 0.25) is 0 Å². The molecule has 0 saturated heterocycles. The third-order valence-corrected chi connectivity index (χ3v) is 3.88. The first-order valence-electron chi connectivity index (χ1n) is 7.40. The van der Waals surface area contributed by atoms with E-state index in [1.165, 1.54) is 18.2 Å². The Morgan fingerprint density at radius 2 is 1.71 bits per heavy atom. The van der Waals surface area contributed by atoms with Crippen LogP contribution in [0.4, 0.5) is 0 Å². The minimum Gasteiger partial charge on any atom is -0.478 e. The lowest BCUT2D eigenvalue weighted by molar-refractivity contribution is 0.0678.